The van der Waals surface area contributed by atoms with Crippen LogP contribution in [0.15, 0.2) is 72.8 Å². The fourth-order valence-electron chi connectivity index (χ4n) is 4.20. The van der Waals surface area contributed by atoms with Crippen LogP contribution in [0.4, 0.5) is 11.4 Å². The van der Waals surface area contributed by atoms with Crippen LogP contribution < -0.4 is 21.7 Å². The first-order valence-corrected chi connectivity index (χ1v) is 13.3. The number of phenolic OH excluding ortho intramolecular Hbond substituents is 1. The minimum Gasteiger partial charge on any atom is -0.508 e. The molecule has 1 atom stereocenters. The van der Waals surface area contributed by atoms with E-state index in [0.29, 0.717) is 22.2 Å². The molecule has 0 aliphatic heterocycles. The summed E-state index contributed by atoms with van der Waals surface area (Å²) in [4.78, 5) is 54.5. The van der Waals surface area contributed by atoms with Gasteiger partial charge in [-0.2, -0.15) is 0 Å². The van der Waals surface area contributed by atoms with E-state index in [4.69, 9.17) is 10.5 Å². The Hall–Kier alpha value is -5.16. The molecule has 0 fully saturated rings. The van der Waals surface area contributed by atoms with E-state index in [0.717, 1.165) is 5.56 Å². The molecule has 11 nitrogen and oxygen atoms in total. The highest BCUT2D eigenvalue weighted by atomic mass is 16.6. The van der Waals surface area contributed by atoms with Crippen LogP contribution in [0.3, 0.4) is 0 Å². The fraction of sp³-hybridized carbons (Fsp3) is 0.226. The molecule has 1 heterocycles. The molecule has 0 aliphatic carbocycles. The summed E-state index contributed by atoms with van der Waals surface area (Å²) in [6, 6.07) is 18.8. The average molecular weight is 572 g/mol. The van der Waals surface area contributed by atoms with Gasteiger partial charge in [0.15, 0.2) is 0 Å². The van der Waals surface area contributed by atoms with E-state index in [9.17, 15) is 24.3 Å². The molecule has 218 valence electrons. The van der Waals surface area contributed by atoms with Crippen molar-refractivity contribution in [3.05, 3.63) is 89.6 Å². The Bertz CT molecular complexity index is 1620. The van der Waals surface area contributed by atoms with Crippen molar-refractivity contribution in [2.75, 3.05) is 10.6 Å². The minimum absolute atomic E-state index is 0.0707. The van der Waals surface area contributed by atoms with Crippen molar-refractivity contribution < 1.29 is 29.0 Å². The monoisotopic (exact) mass is 571 g/mol. The molecule has 0 saturated heterocycles. The van der Waals surface area contributed by atoms with Crippen LogP contribution in [0, 0.1) is 0 Å². The molecule has 1 unspecified atom stereocenters. The number of ether oxygens (including phenoxy) is 1. The number of aromatic amines is 1. The highest BCUT2D eigenvalue weighted by molar-refractivity contribution is 6.40. The first-order chi connectivity index (χ1) is 19.9. The van der Waals surface area contributed by atoms with Gasteiger partial charge in [-0.1, -0.05) is 36.4 Å². The van der Waals surface area contributed by atoms with Crippen LogP contribution in [0.25, 0.3) is 10.9 Å². The topological polar surface area (TPSA) is 176 Å². The molecule has 4 rings (SSSR count). The van der Waals surface area contributed by atoms with Crippen molar-refractivity contribution in [1.82, 2.24) is 10.3 Å². The summed E-state index contributed by atoms with van der Waals surface area (Å²) in [5, 5.41) is 18.2. The number of aromatic hydroxyl groups is 1. The summed E-state index contributed by atoms with van der Waals surface area (Å²) in [7, 11) is 0. The van der Waals surface area contributed by atoms with Gasteiger partial charge in [-0.25, -0.2) is 4.79 Å². The first kappa shape index (κ1) is 29.8. The summed E-state index contributed by atoms with van der Waals surface area (Å²) < 4.78 is 5.42. The molecule has 0 radical (unpaired) electrons. The maximum absolute atomic E-state index is 13.4. The number of H-pyrrole nitrogens is 1. The van der Waals surface area contributed by atoms with Gasteiger partial charge in [-0.05, 0) is 62.2 Å². The normalized spacial score (nSPS) is 11.9. The third-order valence-corrected chi connectivity index (χ3v) is 6.18. The van der Waals surface area contributed by atoms with Crippen LogP contribution in [0.5, 0.6) is 5.75 Å². The number of carbonyl (C=O) groups is 4. The zero-order valence-corrected chi connectivity index (χ0v) is 23.5. The number of nitrogens with one attached hydrogen (secondary N) is 4. The van der Waals surface area contributed by atoms with E-state index in [1.165, 1.54) is 18.2 Å². The van der Waals surface area contributed by atoms with E-state index in [1.807, 2.05) is 6.07 Å². The number of fused-ring (bicyclic) bond motifs is 1. The van der Waals surface area contributed by atoms with E-state index in [2.05, 4.69) is 20.9 Å². The first-order valence-electron chi connectivity index (χ1n) is 13.3. The predicted molar refractivity (Wildman–Crippen MR) is 159 cm³/mol. The summed E-state index contributed by atoms with van der Waals surface area (Å²) in [5.41, 5.74) is 7.87. The van der Waals surface area contributed by atoms with Gasteiger partial charge in [0.1, 0.15) is 23.1 Å². The van der Waals surface area contributed by atoms with Crippen molar-refractivity contribution in [1.29, 1.82) is 0 Å². The molecule has 0 spiro atoms. The second kappa shape index (κ2) is 12.6. The summed E-state index contributed by atoms with van der Waals surface area (Å²) in [6.07, 6.45) is 0.112. The zero-order chi connectivity index (χ0) is 30.4. The van der Waals surface area contributed by atoms with Crippen LogP contribution in [0.1, 0.15) is 42.4 Å². The lowest BCUT2D eigenvalue weighted by Crippen LogP contribution is -2.49. The van der Waals surface area contributed by atoms with Crippen molar-refractivity contribution in [3.8, 4) is 5.75 Å². The van der Waals surface area contributed by atoms with Crippen LogP contribution in [-0.2, 0) is 32.1 Å². The van der Waals surface area contributed by atoms with Gasteiger partial charge in [-0.15, -0.1) is 0 Å². The number of hydrogen-bond donors (Lipinski definition) is 6. The van der Waals surface area contributed by atoms with Crippen LogP contribution in [-0.4, -0.2) is 45.4 Å². The Morgan fingerprint density at radius 1 is 0.929 bits per heavy atom. The summed E-state index contributed by atoms with van der Waals surface area (Å²) in [5.74, 6) is -3.23. The van der Waals surface area contributed by atoms with E-state index >= 15 is 0 Å². The minimum atomic E-state index is -1.11. The second-order valence-electron chi connectivity index (χ2n) is 10.7. The molecular formula is C31H33N5O6. The lowest BCUT2D eigenvalue weighted by atomic mass is 10.0. The lowest BCUT2D eigenvalue weighted by molar-refractivity contribution is -0.137. The number of benzene rings is 3. The molecule has 0 saturated carbocycles. The fourth-order valence-corrected chi connectivity index (χ4v) is 4.20. The predicted octanol–water partition coefficient (Wildman–Crippen LogP) is 3.59. The quantitative estimate of drug-likeness (QED) is 0.138. The Morgan fingerprint density at radius 3 is 2.36 bits per heavy atom. The molecule has 42 heavy (non-hydrogen) atoms. The third kappa shape index (κ3) is 7.73. The standard InChI is InChI=1S/C31H33N5O6/c1-31(2,3)42-30(41)26-15-20-14-21(10-12-23(20)34-26)33-27(38)25(13-18-7-5-4-6-8-18)36-29(40)28(39)35-24-16-22(37)11-9-19(24)17-32/h4-12,14-16,25,34,37H,13,17,32H2,1-3H3,(H,33,38)(H,35,39)(H,36,40). The molecular weight excluding hydrogens is 538 g/mol. The smallest absolute Gasteiger partial charge is 0.355 e. The van der Waals surface area contributed by atoms with Crippen molar-refractivity contribution in [2.24, 2.45) is 5.73 Å². The highest BCUT2D eigenvalue weighted by Crippen LogP contribution is 2.23. The van der Waals surface area contributed by atoms with Gasteiger partial charge < -0.3 is 36.5 Å². The van der Waals surface area contributed by atoms with E-state index in [1.54, 1.807) is 69.3 Å². The molecule has 3 aromatic carbocycles. The van der Waals surface area contributed by atoms with Gasteiger partial charge >= 0.3 is 17.8 Å². The Kier molecular flexibility index (Phi) is 8.92. The zero-order valence-electron chi connectivity index (χ0n) is 23.5. The van der Waals surface area contributed by atoms with E-state index < -0.39 is 35.3 Å². The summed E-state index contributed by atoms with van der Waals surface area (Å²) in [6.45, 7) is 5.40. The van der Waals surface area contributed by atoms with Crippen molar-refractivity contribution in [3.63, 3.8) is 0 Å². The molecule has 0 aliphatic rings. The second-order valence-corrected chi connectivity index (χ2v) is 10.7. The number of carbonyl (C=O) groups excluding carboxylic acids is 4. The van der Waals surface area contributed by atoms with Gasteiger partial charge in [0.25, 0.3) is 0 Å². The van der Waals surface area contributed by atoms with Crippen LogP contribution >= 0.6 is 0 Å². The number of nitrogens with two attached hydrogens (primary N) is 1. The number of esters is 1. The number of amides is 3. The Morgan fingerprint density at radius 2 is 1.67 bits per heavy atom. The van der Waals surface area contributed by atoms with Crippen molar-refractivity contribution >= 4 is 46.0 Å². The lowest BCUT2D eigenvalue weighted by Gasteiger charge is -2.19. The van der Waals surface area contributed by atoms with E-state index in [-0.39, 0.29) is 30.1 Å². The average Bonchev–Trinajstić information content (AvgIpc) is 3.36. The number of phenols is 1. The largest absolute Gasteiger partial charge is 0.508 e. The number of rotatable bonds is 8. The van der Waals surface area contributed by atoms with Gasteiger partial charge in [0.2, 0.25) is 5.91 Å². The van der Waals surface area contributed by atoms with Gasteiger partial charge in [-0.3, -0.25) is 14.4 Å². The maximum Gasteiger partial charge on any atom is 0.355 e. The van der Waals surface area contributed by atoms with Crippen LogP contribution in [0.2, 0.25) is 0 Å². The molecule has 0 bridgehead atoms. The van der Waals surface area contributed by atoms with Gasteiger partial charge in [0.05, 0.1) is 0 Å². The SMILES string of the molecule is CC(C)(C)OC(=O)c1cc2cc(NC(=O)C(Cc3ccccc3)NC(=O)C(=O)Nc3cc(O)ccc3CN)ccc2[nH]1. The molecule has 7 N–H and O–H groups in total. The van der Waals surface area contributed by atoms with Gasteiger partial charge in [0, 0.05) is 41.3 Å². The number of aromatic nitrogens is 1. The molecule has 3 amide bonds. The third-order valence-electron chi connectivity index (χ3n) is 6.18. The Balaban J connectivity index is 1.51. The Labute approximate surface area is 242 Å². The maximum atomic E-state index is 13.4. The molecule has 11 heteroatoms. The highest BCUT2D eigenvalue weighted by Gasteiger charge is 2.26. The number of anilines is 2. The molecule has 4 aromatic rings. The number of hydrogen-bond acceptors (Lipinski definition) is 7. The van der Waals surface area contributed by atoms with Crippen molar-refractivity contribution in [2.45, 2.75) is 45.4 Å². The molecule has 1 aromatic heterocycles. The summed E-state index contributed by atoms with van der Waals surface area (Å²) >= 11 is 0.